The molecule has 1 aromatic rings. The fourth-order valence-electron chi connectivity index (χ4n) is 1.99. The Morgan fingerprint density at radius 3 is 2.61 bits per heavy atom. The van der Waals surface area contributed by atoms with E-state index in [0.29, 0.717) is 6.54 Å². The number of benzene rings is 1. The Labute approximate surface area is 105 Å². The van der Waals surface area contributed by atoms with Crippen LogP contribution in [0.5, 0.6) is 0 Å². The number of carbonyl (C=O) groups excluding carboxylic acids is 1. The third-order valence-corrected chi connectivity index (χ3v) is 3.04. The number of carbonyl (C=O) groups is 2. The molecule has 0 radical (unpaired) electrons. The summed E-state index contributed by atoms with van der Waals surface area (Å²) in [5.74, 6) is -0.935. The summed E-state index contributed by atoms with van der Waals surface area (Å²) in [7, 11) is 0. The summed E-state index contributed by atoms with van der Waals surface area (Å²) in [6.45, 7) is 1.32. The molecule has 5 nitrogen and oxygen atoms in total. The van der Waals surface area contributed by atoms with Gasteiger partial charge in [0.25, 0.3) is 0 Å². The van der Waals surface area contributed by atoms with Crippen molar-refractivity contribution in [1.29, 1.82) is 0 Å². The van der Waals surface area contributed by atoms with Crippen LogP contribution >= 0.6 is 0 Å². The zero-order valence-corrected chi connectivity index (χ0v) is 9.98. The highest BCUT2D eigenvalue weighted by Crippen LogP contribution is 2.07. The topological polar surface area (TPSA) is 78.4 Å². The van der Waals surface area contributed by atoms with Gasteiger partial charge in [-0.1, -0.05) is 12.1 Å². The van der Waals surface area contributed by atoms with Crippen molar-refractivity contribution in [1.82, 2.24) is 10.6 Å². The second-order valence-electron chi connectivity index (χ2n) is 4.37. The maximum Gasteiger partial charge on any atom is 0.335 e. The smallest absolute Gasteiger partial charge is 0.335 e. The molecule has 5 heteroatoms. The molecule has 0 saturated carbocycles. The van der Waals surface area contributed by atoms with Crippen molar-refractivity contribution in [2.75, 3.05) is 6.54 Å². The molecule has 1 amide bonds. The lowest BCUT2D eigenvalue weighted by molar-refractivity contribution is -0.122. The van der Waals surface area contributed by atoms with Gasteiger partial charge in [0.05, 0.1) is 11.6 Å². The second kappa shape index (κ2) is 5.64. The van der Waals surface area contributed by atoms with E-state index in [1.165, 1.54) is 12.1 Å². The van der Waals surface area contributed by atoms with E-state index in [2.05, 4.69) is 10.6 Å². The quantitative estimate of drug-likeness (QED) is 0.735. The number of carboxylic acid groups (broad SMARTS) is 1. The summed E-state index contributed by atoms with van der Waals surface area (Å²) in [5, 5.41) is 14.7. The minimum Gasteiger partial charge on any atom is -0.478 e. The van der Waals surface area contributed by atoms with E-state index >= 15 is 0 Å². The van der Waals surface area contributed by atoms with Crippen LogP contribution in [0.1, 0.15) is 28.8 Å². The Kier molecular flexibility index (Phi) is 3.94. The molecule has 1 heterocycles. The zero-order valence-electron chi connectivity index (χ0n) is 9.98. The van der Waals surface area contributed by atoms with Gasteiger partial charge < -0.3 is 15.7 Å². The van der Waals surface area contributed by atoms with Crippen molar-refractivity contribution in [3.05, 3.63) is 35.4 Å². The molecule has 1 atom stereocenters. The lowest BCUT2D eigenvalue weighted by Crippen LogP contribution is -2.39. The summed E-state index contributed by atoms with van der Waals surface area (Å²) >= 11 is 0. The molecule has 3 N–H and O–H groups in total. The first kappa shape index (κ1) is 12.6. The number of hydrogen-bond donors (Lipinski definition) is 3. The average Bonchev–Trinajstić information content (AvgIpc) is 2.90. The van der Waals surface area contributed by atoms with Crippen molar-refractivity contribution >= 4 is 11.9 Å². The number of nitrogens with one attached hydrogen (secondary N) is 2. The van der Waals surface area contributed by atoms with E-state index in [-0.39, 0.29) is 17.5 Å². The zero-order chi connectivity index (χ0) is 13.0. The fourth-order valence-corrected chi connectivity index (χ4v) is 1.99. The van der Waals surface area contributed by atoms with Gasteiger partial charge in [0.2, 0.25) is 5.91 Å². The van der Waals surface area contributed by atoms with Crippen molar-refractivity contribution in [3.63, 3.8) is 0 Å². The molecule has 2 rings (SSSR count). The molecule has 1 unspecified atom stereocenters. The monoisotopic (exact) mass is 248 g/mol. The molecule has 0 bridgehead atoms. The Balaban J connectivity index is 1.86. The van der Waals surface area contributed by atoms with Crippen LogP contribution in [0.2, 0.25) is 0 Å². The third kappa shape index (κ3) is 3.07. The van der Waals surface area contributed by atoms with E-state index in [1.807, 2.05) is 0 Å². The predicted octanol–water partition coefficient (Wildman–Crippen LogP) is 0.753. The largest absolute Gasteiger partial charge is 0.478 e. The second-order valence-corrected chi connectivity index (χ2v) is 4.37. The van der Waals surface area contributed by atoms with Gasteiger partial charge in [-0.15, -0.1) is 0 Å². The lowest BCUT2D eigenvalue weighted by Gasteiger charge is -2.11. The molecule has 1 fully saturated rings. The van der Waals surface area contributed by atoms with Gasteiger partial charge in [0.1, 0.15) is 0 Å². The molecule has 0 spiro atoms. The van der Waals surface area contributed by atoms with Gasteiger partial charge in [0, 0.05) is 6.54 Å². The van der Waals surface area contributed by atoms with Gasteiger partial charge in [-0.3, -0.25) is 4.79 Å². The number of carboxylic acids is 1. The van der Waals surface area contributed by atoms with Crippen LogP contribution in [0.15, 0.2) is 24.3 Å². The molecule has 0 aromatic heterocycles. The molecule has 96 valence electrons. The number of aromatic carboxylic acids is 1. The van der Waals surface area contributed by atoms with E-state index in [4.69, 9.17) is 5.11 Å². The molecule has 0 aliphatic carbocycles. The van der Waals surface area contributed by atoms with Crippen LogP contribution < -0.4 is 10.6 Å². The van der Waals surface area contributed by atoms with Gasteiger partial charge in [-0.25, -0.2) is 4.79 Å². The van der Waals surface area contributed by atoms with E-state index in [0.717, 1.165) is 24.9 Å². The number of amides is 1. The maximum absolute atomic E-state index is 11.7. The highest BCUT2D eigenvalue weighted by atomic mass is 16.4. The maximum atomic E-state index is 11.7. The first-order chi connectivity index (χ1) is 8.66. The van der Waals surface area contributed by atoms with Crippen molar-refractivity contribution in [2.24, 2.45) is 0 Å². The summed E-state index contributed by atoms with van der Waals surface area (Å²) in [6, 6.07) is 6.43. The number of hydrogen-bond acceptors (Lipinski definition) is 3. The molecule has 1 aliphatic rings. The minimum atomic E-state index is -0.944. The lowest BCUT2D eigenvalue weighted by atomic mass is 10.1. The summed E-state index contributed by atoms with van der Waals surface area (Å²) in [4.78, 5) is 22.4. The Morgan fingerprint density at radius 2 is 2.06 bits per heavy atom. The van der Waals surface area contributed by atoms with E-state index < -0.39 is 5.97 Å². The van der Waals surface area contributed by atoms with Crippen LogP contribution in [0.25, 0.3) is 0 Å². The number of rotatable bonds is 4. The van der Waals surface area contributed by atoms with Crippen LogP contribution in [-0.2, 0) is 11.3 Å². The minimum absolute atomic E-state index is 0.00908. The predicted molar refractivity (Wildman–Crippen MR) is 66.3 cm³/mol. The molecule has 18 heavy (non-hydrogen) atoms. The first-order valence-corrected chi connectivity index (χ1v) is 6.00. The highest BCUT2D eigenvalue weighted by molar-refractivity contribution is 5.87. The summed E-state index contributed by atoms with van der Waals surface area (Å²) < 4.78 is 0. The molecule has 1 saturated heterocycles. The summed E-state index contributed by atoms with van der Waals surface area (Å²) in [5.41, 5.74) is 1.15. The van der Waals surface area contributed by atoms with Gasteiger partial charge in [-0.05, 0) is 37.1 Å². The molecule has 1 aliphatic heterocycles. The van der Waals surface area contributed by atoms with Crippen LogP contribution in [0.4, 0.5) is 0 Å². The van der Waals surface area contributed by atoms with Crippen LogP contribution in [0, 0.1) is 0 Å². The molecular weight excluding hydrogens is 232 g/mol. The van der Waals surface area contributed by atoms with Gasteiger partial charge in [0.15, 0.2) is 0 Å². The summed E-state index contributed by atoms with van der Waals surface area (Å²) in [6.07, 6.45) is 1.91. The van der Waals surface area contributed by atoms with Crippen LogP contribution in [0.3, 0.4) is 0 Å². The average molecular weight is 248 g/mol. The van der Waals surface area contributed by atoms with E-state index in [9.17, 15) is 9.59 Å². The van der Waals surface area contributed by atoms with Crippen LogP contribution in [-0.4, -0.2) is 29.6 Å². The van der Waals surface area contributed by atoms with Gasteiger partial charge in [-0.2, -0.15) is 0 Å². The normalized spacial score (nSPS) is 18.6. The van der Waals surface area contributed by atoms with Gasteiger partial charge >= 0.3 is 5.97 Å². The highest BCUT2D eigenvalue weighted by Gasteiger charge is 2.21. The Morgan fingerprint density at radius 1 is 1.33 bits per heavy atom. The van der Waals surface area contributed by atoms with Crippen molar-refractivity contribution in [3.8, 4) is 0 Å². The first-order valence-electron chi connectivity index (χ1n) is 6.00. The van der Waals surface area contributed by atoms with Crippen molar-refractivity contribution in [2.45, 2.75) is 25.4 Å². The Hall–Kier alpha value is -1.88. The van der Waals surface area contributed by atoms with E-state index in [1.54, 1.807) is 12.1 Å². The third-order valence-electron chi connectivity index (χ3n) is 3.04. The van der Waals surface area contributed by atoms with Crippen molar-refractivity contribution < 1.29 is 14.7 Å². The molecule has 1 aromatic carbocycles. The standard InChI is InChI=1S/C13H16N2O3/c16-12(11-2-1-7-14-11)15-8-9-3-5-10(6-4-9)13(17)18/h3-6,11,14H,1-2,7-8H2,(H,15,16)(H,17,18). The SMILES string of the molecule is O=C(O)c1ccc(CNC(=O)C2CCCN2)cc1. The fraction of sp³-hybridized carbons (Fsp3) is 0.385. The Bertz CT molecular complexity index is 436. The molecular formula is C13H16N2O3.